The van der Waals surface area contributed by atoms with Crippen LogP contribution in [-0.4, -0.2) is 163 Å². The Bertz CT molecular complexity index is 3290. The normalized spacial score (nSPS) is 36.0. The number of nitrogens with one attached hydrogen (secondary N) is 3. The highest BCUT2D eigenvalue weighted by Crippen LogP contribution is 2.71. The number of alkyl carbamates (subject to hydrolysis) is 3. The second kappa shape index (κ2) is 45.4. The van der Waals surface area contributed by atoms with Gasteiger partial charge in [0.25, 0.3) is 0 Å². The number of likely N-dealkylation sites (N-methyl/N-ethyl adjacent to an activating group) is 3. The van der Waals surface area contributed by atoms with E-state index >= 15 is 0 Å². The lowest BCUT2D eigenvalue weighted by Gasteiger charge is -2.58. The summed E-state index contributed by atoms with van der Waals surface area (Å²) in [5.74, 6) is 15.5. The van der Waals surface area contributed by atoms with Crippen LogP contribution < -0.4 is 73.9 Å². The second-order valence-corrected chi connectivity index (χ2v) is 47.3. The highest BCUT2D eigenvalue weighted by atomic mass is 127. The third kappa shape index (κ3) is 25.4. The first-order chi connectivity index (χ1) is 55.2. The SMILES string of the molecule is CC(C)CCC[C@@H](C)[C@H]1CC[C@H]2[C@@H]3CC=C4CC(OC(=O)NCC[N+](C)(C)CCO)CC[C@]4(C)[C@H]3CC[C@]12C.CCCC[N+](C)(C)CCNC(=O)OC1CC[C@@]2(C)C(=CC[C@H]3[C@@H]4CC[C@H]([C@H](C)CCCC(C)C)[C@@]4(C)CC[C@@H]32)C1.CC[N+](C)(C)CCNC(=O)OC1CC[C@@]2(C)C(=CC[C@H]3[C@@H]4CC[C@H]([C@H](C)CCCC(C)C)[C@@]4(C)CC[C@@H]32)C1.[Br-].[Br-].[I-]. The van der Waals surface area contributed by atoms with Crippen molar-refractivity contribution in [1.82, 2.24) is 16.0 Å². The summed E-state index contributed by atoms with van der Waals surface area (Å²) in [5.41, 5.74) is 7.31. The molecule has 12 aliphatic rings. The number of aliphatic hydroxyl groups is 1. The number of carbonyl (C=O) groups excluding carboxylic acids is 3. The van der Waals surface area contributed by atoms with Crippen molar-refractivity contribution in [2.45, 2.75) is 361 Å². The van der Waals surface area contributed by atoms with E-state index in [1.165, 1.54) is 180 Å². The maximum absolute atomic E-state index is 12.7. The van der Waals surface area contributed by atoms with Crippen molar-refractivity contribution < 1.29 is 105 Å². The van der Waals surface area contributed by atoms with Gasteiger partial charge in [-0.3, -0.25) is 0 Å². The number of nitrogens with zero attached hydrogens (tertiary/aromatic N) is 3. The Labute approximate surface area is 776 Å². The summed E-state index contributed by atoms with van der Waals surface area (Å²) < 4.78 is 20.4. The first-order valence-corrected chi connectivity index (χ1v) is 50.2. The number of halogens is 3. The van der Waals surface area contributed by atoms with Gasteiger partial charge in [0.2, 0.25) is 0 Å². The Kier molecular flexibility index (Phi) is 40.0. The third-order valence-corrected chi connectivity index (χ3v) is 37.2. The number of fused-ring (bicyclic) bond motifs is 15. The zero-order valence-electron chi connectivity index (χ0n) is 81.5. The fourth-order valence-corrected chi connectivity index (χ4v) is 29.5. The van der Waals surface area contributed by atoms with Crippen LogP contribution >= 0.6 is 0 Å². The molecule has 0 heterocycles. The van der Waals surface area contributed by atoms with E-state index in [1.807, 2.05) is 0 Å². The molecule has 0 aliphatic heterocycles. The van der Waals surface area contributed by atoms with Gasteiger partial charge in [-0.2, -0.15) is 0 Å². The molecular weight excluding hydrogens is 1730 g/mol. The summed E-state index contributed by atoms with van der Waals surface area (Å²) in [7, 11) is 13.0. The van der Waals surface area contributed by atoms with Crippen LogP contribution in [0.25, 0.3) is 0 Å². The maximum Gasteiger partial charge on any atom is 0.407 e. The molecule has 0 aromatic carbocycles. The van der Waals surface area contributed by atoms with Gasteiger partial charge in [-0.05, 0) is 287 Å². The molecular formula is C104H187Br2IN6O7. The summed E-state index contributed by atoms with van der Waals surface area (Å²) in [4.78, 5) is 37.8. The van der Waals surface area contributed by atoms with Gasteiger partial charge in [0, 0.05) is 19.3 Å². The third-order valence-electron chi connectivity index (χ3n) is 37.2. The highest BCUT2D eigenvalue weighted by Gasteiger charge is 2.63. The second-order valence-electron chi connectivity index (χ2n) is 47.3. The van der Waals surface area contributed by atoms with Crippen LogP contribution in [0.5, 0.6) is 0 Å². The van der Waals surface area contributed by atoms with Crippen LogP contribution in [0.15, 0.2) is 34.9 Å². The zero-order valence-corrected chi connectivity index (χ0v) is 86.9. The summed E-state index contributed by atoms with van der Waals surface area (Å²) in [6.45, 7) is 49.8. The molecule has 12 aliphatic carbocycles. The molecule has 16 heteroatoms. The van der Waals surface area contributed by atoms with Crippen LogP contribution in [0.4, 0.5) is 14.4 Å². The molecule has 24 atom stereocenters. The van der Waals surface area contributed by atoms with Gasteiger partial charge in [0.1, 0.15) is 24.9 Å². The van der Waals surface area contributed by atoms with Gasteiger partial charge in [-0.25, -0.2) is 14.4 Å². The minimum absolute atomic E-state index is 0. The monoisotopic (exact) mass is 1920 g/mol. The number of rotatable bonds is 33. The van der Waals surface area contributed by atoms with E-state index in [0.29, 0.717) is 57.7 Å². The van der Waals surface area contributed by atoms with Crippen molar-refractivity contribution in [3.05, 3.63) is 34.9 Å². The Balaban J connectivity index is 0.000000245. The minimum Gasteiger partial charge on any atom is -1.00 e. The van der Waals surface area contributed by atoms with Gasteiger partial charge in [0.15, 0.2) is 0 Å². The number of unbranched alkanes of at least 4 members (excludes halogenated alkanes) is 1. The predicted octanol–water partition coefficient (Wildman–Crippen LogP) is 15.4. The van der Waals surface area contributed by atoms with Gasteiger partial charge < -0.3 is 107 Å². The molecule has 3 amide bonds. The molecule has 696 valence electrons. The molecule has 0 aromatic heterocycles. The lowest BCUT2D eigenvalue weighted by Crippen LogP contribution is -3.00. The van der Waals surface area contributed by atoms with Crippen molar-refractivity contribution >= 4 is 18.3 Å². The molecule has 4 N–H and O–H groups in total. The number of hydrogen-bond acceptors (Lipinski definition) is 7. The van der Waals surface area contributed by atoms with Crippen molar-refractivity contribution in [1.29, 1.82) is 0 Å². The van der Waals surface area contributed by atoms with E-state index < -0.39 is 0 Å². The smallest absolute Gasteiger partial charge is 0.407 e. The van der Waals surface area contributed by atoms with E-state index in [2.05, 4.69) is 194 Å². The lowest BCUT2D eigenvalue weighted by molar-refractivity contribution is -0.889. The molecule has 0 spiro atoms. The van der Waals surface area contributed by atoms with Gasteiger partial charge in [-0.15, -0.1) is 0 Å². The number of quaternary nitrogens is 3. The average Bonchev–Trinajstić information content (AvgIpc) is 1.45. The predicted molar refractivity (Wildman–Crippen MR) is 487 cm³/mol. The van der Waals surface area contributed by atoms with Gasteiger partial charge in [-0.1, -0.05) is 210 Å². The summed E-state index contributed by atoms with van der Waals surface area (Å²) in [6, 6.07) is 0. The first kappa shape index (κ1) is 106. The topological polar surface area (TPSA) is 135 Å². The first-order valence-electron chi connectivity index (χ1n) is 50.2. The Morgan fingerprint density at radius 2 is 0.683 bits per heavy atom. The van der Waals surface area contributed by atoms with Crippen LogP contribution in [-0.2, 0) is 14.2 Å². The van der Waals surface area contributed by atoms with Crippen LogP contribution in [0.1, 0.15) is 342 Å². The average molecular weight is 1920 g/mol. The minimum atomic E-state index is -0.283. The Hall–Kier alpha value is -1.44. The number of aliphatic hydroxyl groups excluding tert-OH is 1. The lowest BCUT2D eigenvalue weighted by atomic mass is 9.47. The molecule has 9 saturated carbocycles. The number of carbonyl (C=O) groups is 3. The fraction of sp³-hybridized carbons (Fsp3) is 0.913. The van der Waals surface area contributed by atoms with E-state index in [-0.39, 0.29) is 107 Å². The van der Waals surface area contributed by atoms with Gasteiger partial charge in [0.05, 0.1) is 101 Å². The molecule has 12 rings (SSSR count). The summed E-state index contributed by atoms with van der Waals surface area (Å²) >= 11 is 0. The van der Waals surface area contributed by atoms with Crippen molar-refractivity contribution in [2.75, 3.05) is 108 Å². The number of ether oxygens (including phenoxy) is 3. The molecule has 0 saturated heterocycles. The van der Waals surface area contributed by atoms with Crippen LogP contribution in [0.3, 0.4) is 0 Å². The van der Waals surface area contributed by atoms with Crippen molar-refractivity contribution in [3.63, 3.8) is 0 Å². The van der Waals surface area contributed by atoms with E-state index in [1.54, 1.807) is 16.7 Å². The van der Waals surface area contributed by atoms with E-state index in [0.717, 1.165) is 193 Å². The molecule has 120 heavy (non-hydrogen) atoms. The van der Waals surface area contributed by atoms with Gasteiger partial charge >= 0.3 is 18.3 Å². The van der Waals surface area contributed by atoms with E-state index in [4.69, 9.17) is 14.2 Å². The highest BCUT2D eigenvalue weighted by molar-refractivity contribution is 5.68. The van der Waals surface area contributed by atoms with Crippen LogP contribution in [0, 0.1) is 139 Å². The molecule has 13 nitrogen and oxygen atoms in total. The molecule has 3 unspecified atom stereocenters. The largest absolute Gasteiger partial charge is 1.00 e. The molecule has 0 bridgehead atoms. The Morgan fingerprint density at radius 1 is 0.392 bits per heavy atom. The molecule has 9 fully saturated rings. The zero-order chi connectivity index (χ0) is 85.3. The van der Waals surface area contributed by atoms with Crippen molar-refractivity contribution in [2.24, 2.45) is 139 Å². The fourth-order valence-electron chi connectivity index (χ4n) is 29.5. The van der Waals surface area contributed by atoms with Crippen LogP contribution in [0.2, 0.25) is 0 Å². The number of hydrogen-bond donors (Lipinski definition) is 4. The standard InChI is InChI=1S/C36H64N2O2.C34H60N2O3.C34H60N2O2.2BrH.HI/c1-9-10-23-38(7,8)24-22-37-34(39)40-29-18-20-35(5)28(25-29)14-15-30-32-17-16-31(27(4)13-11-12-26(2)3)36(32,6)21-19-33(30)35;1-24(2)9-8-10-25(3)29-13-14-30-28-12-11-26-23-27(39-32(38)35-19-20-36(6,7)21-22-37)15-17-33(26,4)31(28)16-18-34(29,30)5;1-9-36(7,8)22-21-35-32(37)38-27-17-19-33(5)26(23-27)13-14-28-30-16-15-29(25(4)12-10-11-24(2)3)34(30,6)20-18-31(28)33;;;/h14,26-27,29-33H,9-13,15-25H2,1-8H3;11,24-25,27-31,37H,8-10,12-23H2,1-7H3;13,24-25,27-31H,9-12,14-23H2,1-8H3;3*1H/t27-,29?,30+,31-,32+,33+,35+,36-;2*25-,27?,28+,29-,30+,31+,33+,34-;;;/m111.../s1. The maximum atomic E-state index is 12.7. The number of allylic oxidation sites excluding steroid dienone is 3. The molecule has 0 radical (unpaired) electrons. The quantitative estimate of drug-likeness (QED) is 0.0222. The summed E-state index contributed by atoms with van der Waals surface area (Å²) in [5, 5.41) is 18.2. The van der Waals surface area contributed by atoms with Crippen molar-refractivity contribution in [3.8, 4) is 0 Å². The van der Waals surface area contributed by atoms with E-state index in [9.17, 15) is 19.5 Å². The number of amides is 3. The Morgan fingerprint density at radius 3 is 0.958 bits per heavy atom. The summed E-state index contributed by atoms with van der Waals surface area (Å²) in [6.07, 6.45) is 52.5. The molecule has 0 aromatic rings.